The molecule has 0 spiro atoms. The van der Waals surface area contributed by atoms with Crippen molar-refractivity contribution in [1.82, 2.24) is 14.9 Å². The van der Waals surface area contributed by atoms with E-state index in [-0.39, 0.29) is 17.5 Å². The van der Waals surface area contributed by atoms with Crippen LogP contribution < -0.4 is 4.72 Å². The summed E-state index contributed by atoms with van der Waals surface area (Å²) in [6, 6.07) is -0.301. The van der Waals surface area contributed by atoms with Gasteiger partial charge in [-0.05, 0) is 12.8 Å². The molecule has 3 N–H and O–H groups in total. The number of carbonyl (C=O) groups is 1. The maximum absolute atomic E-state index is 11.9. The van der Waals surface area contributed by atoms with Crippen LogP contribution in [-0.2, 0) is 10.0 Å². The van der Waals surface area contributed by atoms with Crippen LogP contribution in [0.4, 0.5) is 0 Å². The van der Waals surface area contributed by atoms with Crippen LogP contribution in [0.1, 0.15) is 31.1 Å². The third kappa shape index (κ3) is 3.04. The quantitative estimate of drug-likeness (QED) is 0.711. The maximum atomic E-state index is 11.9. The largest absolute Gasteiger partial charge is 0.478 e. The van der Waals surface area contributed by atoms with E-state index in [1.807, 2.05) is 13.8 Å². The fourth-order valence-corrected chi connectivity index (χ4v) is 2.55. The molecule has 0 bridgehead atoms. The topological polar surface area (TPSA) is 112 Å². The molecule has 0 amide bonds. The minimum Gasteiger partial charge on any atom is -0.478 e. The lowest BCUT2D eigenvalue weighted by Crippen LogP contribution is -2.36. The molecule has 0 aliphatic heterocycles. The minimum absolute atomic E-state index is 0.0981. The highest BCUT2D eigenvalue weighted by molar-refractivity contribution is 7.89. The van der Waals surface area contributed by atoms with Gasteiger partial charge in [0.05, 0.1) is 6.20 Å². The zero-order chi connectivity index (χ0) is 13.2. The van der Waals surface area contributed by atoms with Gasteiger partial charge in [-0.15, -0.1) is 0 Å². The Morgan fingerprint density at radius 2 is 2.06 bits per heavy atom. The zero-order valence-electron chi connectivity index (χ0n) is 9.76. The van der Waals surface area contributed by atoms with Gasteiger partial charge in [0, 0.05) is 6.04 Å². The number of hydrogen-bond donors (Lipinski definition) is 3. The zero-order valence-corrected chi connectivity index (χ0v) is 10.6. The number of aromatic carboxylic acids is 1. The number of nitrogens with zero attached hydrogens (tertiary/aromatic N) is 1. The summed E-state index contributed by atoms with van der Waals surface area (Å²) in [5.74, 6) is -1.24. The Morgan fingerprint density at radius 1 is 1.47 bits per heavy atom. The van der Waals surface area contributed by atoms with Gasteiger partial charge in [0.15, 0.2) is 5.03 Å². The van der Waals surface area contributed by atoms with Crippen LogP contribution in [-0.4, -0.2) is 35.7 Å². The van der Waals surface area contributed by atoms with Gasteiger partial charge in [-0.3, -0.25) is 5.10 Å². The number of aromatic amines is 1. The van der Waals surface area contributed by atoms with Gasteiger partial charge in [0.25, 0.3) is 10.0 Å². The Kier molecular flexibility index (Phi) is 3.89. The molecule has 1 heterocycles. The highest BCUT2D eigenvalue weighted by Gasteiger charge is 2.26. The Labute approximate surface area is 99.3 Å². The van der Waals surface area contributed by atoms with Gasteiger partial charge in [0.2, 0.25) is 0 Å². The van der Waals surface area contributed by atoms with Crippen molar-refractivity contribution >= 4 is 16.0 Å². The fraction of sp³-hybridized carbons (Fsp3) is 0.556. The highest BCUT2D eigenvalue weighted by Crippen LogP contribution is 2.13. The van der Waals surface area contributed by atoms with Crippen LogP contribution in [0.3, 0.4) is 0 Å². The van der Waals surface area contributed by atoms with Crippen molar-refractivity contribution in [2.45, 2.75) is 31.8 Å². The molecule has 17 heavy (non-hydrogen) atoms. The molecular weight excluding hydrogens is 246 g/mol. The van der Waals surface area contributed by atoms with Crippen LogP contribution >= 0.6 is 0 Å². The number of aromatic nitrogens is 2. The third-order valence-corrected chi connectivity index (χ3v) is 3.98. The van der Waals surface area contributed by atoms with E-state index in [1.165, 1.54) is 0 Å². The van der Waals surface area contributed by atoms with E-state index in [1.54, 1.807) is 6.92 Å². The summed E-state index contributed by atoms with van der Waals surface area (Å²) < 4.78 is 26.2. The average molecular weight is 261 g/mol. The van der Waals surface area contributed by atoms with E-state index in [9.17, 15) is 13.2 Å². The van der Waals surface area contributed by atoms with E-state index in [2.05, 4.69) is 14.9 Å². The normalized spacial score (nSPS) is 13.9. The summed E-state index contributed by atoms with van der Waals surface area (Å²) in [6.45, 7) is 5.43. The number of nitrogens with one attached hydrogen (secondary N) is 2. The van der Waals surface area contributed by atoms with Crippen molar-refractivity contribution in [1.29, 1.82) is 0 Å². The predicted octanol–water partition coefficient (Wildman–Crippen LogP) is 0.431. The van der Waals surface area contributed by atoms with Gasteiger partial charge < -0.3 is 5.11 Å². The molecule has 8 heteroatoms. The lowest BCUT2D eigenvalue weighted by Gasteiger charge is -2.16. The van der Waals surface area contributed by atoms with Gasteiger partial charge >= 0.3 is 5.97 Å². The number of hydrogen-bond acceptors (Lipinski definition) is 4. The van der Waals surface area contributed by atoms with Crippen molar-refractivity contribution in [2.24, 2.45) is 5.92 Å². The smallest absolute Gasteiger partial charge is 0.340 e. The highest BCUT2D eigenvalue weighted by atomic mass is 32.2. The number of rotatable bonds is 5. The Balaban J connectivity index is 3.06. The second kappa shape index (κ2) is 4.84. The van der Waals surface area contributed by atoms with Crippen LogP contribution in [0.5, 0.6) is 0 Å². The Morgan fingerprint density at radius 3 is 2.53 bits per heavy atom. The number of carboxylic acids is 1. The summed E-state index contributed by atoms with van der Waals surface area (Å²) in [7, 11) is -3.89. The Hall–Kier alpha value is -1.41. The van der Waals surface area contributed by atoms with Crippen molar-refractivity contribution in [2.75, 3.05) is 0 Å². The molecule has 0 saturated heterocycles. The van der Waals surface area contributed by atoms with Crippen molar-refractivity contribution in [3.8, 4) is 0 Å². The first kappa shape index (κ1) is 13.7. The maximum Gasteiger partial charge on any atom is 0.340 e. The van der Waals surface area contributed by atoms with E-state index in [0.29, 0.717) is 0 Å². The average Bonchev–Trinajstić information content (AvgIpc) is 2.65. The third-order valence-electron chi connectivity index (χ3n) is 2.44. The molecule has 1 unspecified atom stereocenters. The summed E-state index contributed by atoms with van der Waals surface area (Å²) >= 11 is 0. The number of carboxylic acid groups (broad SMARTS) is 1. The van der Waals surface area contributed by atoms with E-state index < -0.39 is 21.0 Å². The second-order valence-electron chi connectivity index (χ2n) is 4.07. The van der Waals surface area contributed by atoms with E-state index in [4.69, 9.17) is 5.11 Å². The molecule has 0 aromatic carbocycles. The van der Waals surface area contributed by atoms with Crippen molar-refractivity contribution in [3.05, 3.63) is 11.8 Å². The molecule has 1 aromatic heterocycles. The second-order valence-corrected chi connectivity index (χ2v) is 5.72. The minimum atomic E-state index is -3.89. The molecule has 1 atom stereocenters. The summed E-state index contributed by atoms with van der Waals surface area (Å²) in [4.78, 5) is 10.8. The van der Waals surface area contributed by atoms with E-state index in [0.717, 1.165) is 6.20 Å². The molecule has 0 fully saturated rings. The van der Waals surface area contributed by atoms with Gasteiger partial charge in [-0.25, -0.2) is 17.9 Å². The standard InChI is InChI=1S/C9H15N3O4S/c1-5(2)6(3)12-17(15,16)8-7(9(13)14)4-10-11-8/h4-6,12H,1-3H3,(H,10,11)(H,13,14). The lowest BCUT2D eigenvalue weighted by atomic mass is 10.1. The van der Waals surface area contributed by atoms with Gasteiger partial charge in [-0.2, -0.15) is 5.10 Å². The van der Waals surface area contributed by atoms with Crippen LogP contribution in [0.2, 0.25) is 0 Å². The molecule has 1 rings (SSSR count). The van der Waals surface area contributed by atoms with Gasteiger partial charge in [-0.1, -0.05) is 13.8 Å². The first-order valence-corrected chi connectivity index (χ1v) is 6.53. The summed E-state index contributed by atoms with van der Waals surface area (Å²) in [6.07, 6.45) is 0.969. The van der Waals surface area contributed by atoms with Gasteiger partial charge in [0.1, 0.15) is 5.56 Å². The van der Waals surface area contributed by atoms with E-state index >= 15 is 0 Å². The van der Waals surface area contributed by atoms with Crippen molar-refractivity contribution < 1.29 is 18.3 Å². The van der Waals surface area contributed by atoms with Crippen LogP contribution in [0.15, 0.2) is 11.2 Å². The number of sulfonamides is 1. The number of H-pyrrole nitrogens is 1. The molecule has 0 radical (unpaired) electrons. The van der Waals surface area contributed by atoms with Crippen LogP contribution in [0, 0.1) is 5.92 Å². The Bertz CT molecular complexity index is 506. The first-order chi connectivity index (χ1) is 7.75. The molecule has 0 aliphatic carbocycles. The molecule has 0 aliphatic rings. The molecule has 96 valence electrons. The first-order valence-electron chi connectivity index (χ1n) is 5.04. The molecule has 7 nitrogen and oxygen atoms in total. The monoisotopic (exact) mass is 261 g/mol. The summed E-state index contributed by atoms with van der Waals surface area (Å²) in [5.41, 5.74) is -0.367. The lowest BCUT2D eigenvalue weighted by molar-refractivity contribution is 0.0692. The summed E-state index contributed by atoms with van der Waals surface area (Å²) in [5, 5.41) is 14.0. The molecule has 1 aromatic rings. The predicted molar refractivity (Wildman–Crippen MR) is 60.2 cm³/mol. The van der Waals surface area contributed by atoms with Crippen LogP contribution in [0.25, 0.3) is 0 Å². The van der Waals surface area contributed by atoms with Crippen molar-refractivity contribution in [3.63, 3.8) is 0 Å². The molecule has 0 saturated carbocycles. The molecular formula is C9H15N3O4S. The fourth-order valence-electron chi connectivity index (χ4n) is 1.07. The SMILES string of the molecule is CC(C)C(C)NS(=O)(=O)c1[nH]ncc1C(=O)O.